The van der Waals surface area contributed by atoms with Gasteiger partial charge in [0.2, 0.25) is 0 Å². The van der Waals surface area contributed by atoms with Gasteiger partial charge in [-0.15, -0.1) is 13.2 Å². The van der Waals surface area contributed by atoms with E-state index in [9.17, 15) is 22.8 Å². The molecule has 27 heavy (non-hydrogen) atoms. The molecule has 2 fully saturated rings. The lowest BCUT2D eigenvalue weighted by Gasteiger charge is -2.28. The number of piperidine rings is 1. The molecule has 3 atom stereocenters. The molecular weight excluding hydrogens is 367 g/mol. The zero-order valence-electron chi connectivity index (χ0n) is 15.1. The minimum atomic E-state index is -4.77. The van der Waals surface area contributed by atoms with E-state index in [-0.39, 0.29) is 41.3 Å². The summed E-state index contributed by atoms with van der Waals surface area (Å²) in [6.07, 6.45) is -4.77. The molecule has 1 heterocycles. The van der Waals surface area contributed by atoms with Crippen LogP contribution >= 0.6 is 0 Å². The Morgan fingerprint density at radius 1 is 1.19 bits per heavy atom. The fourth-order valence-corrected chi connectivity index (χ4v) is 3.90. The Kier molecular flexibility index (Phi) is 4.73. The van der Waals surface area contributed by atoms with E-state index >= 15 is 0 Å². The van der Waals surface area contributed by atoms with Crippen LogP contribution in [0, 0.1) is 17.3 Å². The van der Waals surface area contributed by atoms with Gasteiger partial charge in [-0.1, -0.05) is 13.8 Å². The standard InChI is InChI=1S/C18H20F3NO5/c1-17(2)12-8-22(15(14(12)17)16(24)25-3)13(23)9-26-10-4-6-11(7-5-10)27-18(19,20)21/h4-7,12,14-15H,8-9H2,1-3H3/t12-,14-,15-/m0/s1. The van der Waals surface area contributed by atoms with Gasteiger partial charge in [-0.2, -0.15) is 0 Å². The number of methoxy groups -OCH3 is 1. The molecular formula is C18H20F3NO5. The van der Waals surface area contributed by atoms with Crippen molar-refractivity contribution in [3.8, 4) is 11.5 Å². The molecule has 0 unspecified atom stereocenters. The number of fused-ring (bicyclic) bond motifs is 1. The van der Waals surface area contributed by atoms with Crippen LogP contribution in [0.5, 0.6) is 11.5 Å². The molecule has 0 radical (unpaired) electrons. The molecule has 1 aliphatic carbocycles. The summed E-state index contributed by atoms with van der Waals surface area (Å²) in [5.74, 6) is -0.679. The number of esters is 1. The summed E-state index contributed by atoms with van der Waals surface area (Å²) in [4.78, 5) is 26.1. The number of carbonyl (C=O) groups excluding carboxylic acids is 2. The molecule has 1 aromatic rings. The van der Waals surface area contributed by atoms with Crippen molar-refractivity contribution >= 4 is 11.9 Å². The lowest BCUT2D eigenvalue weighted by Crippen LogP contribution is -2.47. The molecule has 6 nitrogen and oxygen atoms in total. The normalized spacial score (nSPS) is 25.6. The van der Waals surface area contributed by atoms with Crippen molar-refractivity contribution in [3.05, 3.63) is 24.3 Å². The van der Waals surface area contributed by atoms with Gasteiger partial charge in [0, 0.05) is 12.5 Å². The van der Waals surface area contributed by atoms with E-state index in [1.165, 1.54) is 24.1 Å². The van der Waals surface area contributed by atoms with E-state index in [0.717, 1.165) is 12.1 Å². The Morgan fingerprint density at radius 2 is 1.78 bits per heavy atom. The van der Waals surface area contributed by atoms with Crippen molar-refractivity contribution in [2.75, 3.05) is 20.3 Å². The molecule has 0 N–H and O–H groups in total. The van der Waals surface area contributed by atoms with Crippen LogP contribution in [0.15, 0.2) is 24.3 Å². The van der Waals surface area contributed by atoms with E-state index < -0.39 is 18.4 Å². The molecule has 2 aliphatic rings. The van der Waals surface area contributed by atoms with E-state index in [0.29, 0.717) is 6.54 Å². The molecule has 148 valence electrons. The maximum Gasteiger partial charge on any atom is 0.573 e. The second-order valence-corrected chi connectivity index (χ2v) is 7.28. The predicted octanol–water partition coefficient (Wildman–Crippen LogP) is 2.62. The predicted molar refractivity (Wildman–Crippen MR) is 86.9 cm³/mol. The lowest BCUT2D eigenvalue weighted by molar-refractivity contribution is -0.274. The Morgan fingerprint density at radius 3 is 2.33 bits per heavy atom. The summed E-state index contributed by atoms with van der Waals surface area (Å²) in [6, 6.07) is 4.11. The van der Waals surface area contributed by atoms with Crippen LogP contribution in [0.3, 0.4) is 0 Å². The van der Waals surface area contributed by atoms with Gasteiger partial charge in [0.05, 0.1) is 7.11 Å². The van der Waals surface area contributed by atoms with Crippen LogP contribution in [-0.2, 0) is 14.3 Å². The first-order valence-corrected chi connectivity index (χ1v) is 8.40. The molecule has 9 heteroatoms. The molecule has 0 aromatic heterocycles. The number of carbonyl (C=O) groups is 2. The van der Waals surface area contributed by atoms with E-state index in [1.54, 1.807) is 0 Å². The number of amides is 1. The smallest absolute Gasteiger partial charge is 0.484 e. The maximum atomic E-state index is 12.5. The monoisotopic (exact) mass is 387 g/mol. The van der Waals surface area contributed by atoms with Crippen molar-refractivity contribution in [3.63, 3.8) is 0 Å². The Hall–Kier alpha value is -2.45. The molecule has 0 bridgehead atoms. The minimum absolute atomic E-state index is 0.00912. The van der Waals surface area contributed by atoms with Gasteiger partial charge in [-0.3, -0.25) is 4.79 Å². The fourth-order valence-electron chi connectivity index (χ4n) is 3.90. The van der Waals surface area contributed by atoms with Crippen molar-refractivity contribution in [1.29, 1.82) is 0 Å². The van der Waals surface area contributed by atoms with E-state index in [4.69, 9.17) is 9.47 Å². The van der Waals surface area contributed by atoms with Crippen molar-refractivity contribution in [1.82, 2.24) is 4.90 Å². The number of benzene rings is 1. The number of ether oxygens (including phenoxy) is 3. The van der Waals surface area contributed by atoms with Gasteiger partial charge in [0.1, 0.15) is 17.5 Å². The van der Waals surface area contributed by atoms with Crippen LogP contribution in [0.1, 0.15) is 13.8 Å². The first-order chi connectivity index (χ1) is 12.5. The molecule has 0 spiro atoms. The highest BCUT2D eigenvalue weighted by Crippen LogP contribution is 2.64. The molecule has 1 amide bonds. The average Bonchev–Trinajstić information content (AvgIpc) is 2.95. The van der Waals surface area contributed by atoms with Gasteiger partial charge in [-0.25, -0.2) is 4.79 Å². The summed E-state index contributed by atoms with van der Waals surface area (Å²) < 4.78 is 50.4. The number of nitrogens with zero attached hydrogens (tertiary/aromatic N) is 1. The average molecular weight is 387 g/mol. The summed E-state index contributed by atoms with van der Waals surface area (Å²) in [5, 5.41) is 0. The molecule has 1 saturated carbocycles. The third kappa shape index (κ3) is 3.81. The Balaban J connectivity index is 1.59. The van der Waals surface area contributed by atoms with Gasteiger partial charge in [-0.05, 0) is 35.6 Å². The topological polar surface area (TPSA) is 65.1 Å². The number of hydrogen-bond acceptors (Lipinski definition) is 5. The van der Waals surface area contributed by atoms with E-state index in [1.807, 2.05) is 0 Å². The highest BCUT2D eigenvalue weighted by atomic mass is 19.4. The van der Waals surface area contributed by atoms with Crippen molar-refractivity contribution in [2.24, 2.45) is 17.3 Å². The van der Waals surface area contributed by atoms with Crippen LogP contribution < -0.4 is 9.47 Å². The molecule has 1 aliphatic heterocycles. The largest absolute Gasteiger partial charge is 0.573 e. The minimum Gasteiger partial charge on any atom is -0.484 e. The molecule has 1 saturated heterocycles. The number of halogens is 3. The maximum absolute atomic E-state index is 12.5. The second-order valence-electron chi connectivity index (χ2n) is 7.28. The second kappa shape index (κ2) is 6.61. The zero-order valence-corrected chi connectivity index (χ0v) is 15.1. The summed E-state index contributed by atoms with van der Waals surface area (Å²) in [7, 11) is 1.29. The highest BCUT2D eigenvalue weighted by Gasteiger charge is 2.69. The van der Waals surface area contributed by atoms with Gasteiger partial charge in [0.25, 0.3) is 5.91 Å². The summed E-state index contributed by atoms with van der Waals surface area (Å²) in [6.45, 7) is 4.24. The van der Waals surface area contributed by atoms with Gasteiger partial charge >= 0.3 is 12.3 Å². The number of alkyl halides is 3. The quantitative estimate of drug-likeness (QED) is 0.727. The van der Waals surface area contributed by atoms with Crippen LogP contribution in [0.25, 0.3) is 0 Å². The number of likely N-dealkylation sites (tertiary alicyclic amines) is 1. The lowest BCUT2D eigenvalue weighted by atomic mass is 10.0. The first kappa shape index (κ1) is 19.3. The van der Waals surface area contributed by atoms with Crippen LogP contribution in [0.4, 0.5) is 13.2 Å². The van der Waals surface area contributed by atoms with Crippen molar-refractivity contribution < 1.29 is 37.0 Å². The van der Waals surface area contributed by atoms with Crippen LogP contribution in [0.2, 0.25) is 0 Å². The SMILES string of the molecule is COC(=O)[C@@H]1[C@@H]2[C@H](CN1C(=O)COc1ccc(OC(F)(F)F)cc1)C2(C)C. The number of hydrogen-bond donors (Lipinski definition) is 0. The first-order valence-electron chi connectivity index (χ1n) is 8.40. The molecule has 1 aromatic carbocycles. The van der Waals surface area contributed by atoms with E-state index in [2.05, 4.69) is 18.6 Å². The summed E-state index contributed by atoms with van der Waals surface area (Å²) in [5.41, 5.74) is -0.00912. The Bertz CT molecular complexity index is 732. The molecule has 3 rings (SSSR count). The third-order valence-corrected chi connectivity index (χ3v) is 5.39. The van der Waals surface area contributed by atoms with Crippen LogP contribution in [-0.4, -0.2) is 49.4 Å². The van der Waals surface area contributed by atoms with Crippen molar-refractivity contribution in [2.45, 2.75) is 26.3 Å². The number of rotatable bonds is 5. The summed E-state index contributed by atoms with van der Waals surface area (Å²) >= 11 is 0. The van der Waals surface area contributed by atoms with Gasteiger partial charge in [0.15, 0.2) is 6.61 Å². The Labute approximate surface area is 154 Å². The van der Waals surface area contributed by atoms with Gasteiger partial charge < -0.3 is 19.1 Å². The third-order valence-electron chi connectivity index (χ3n) is 5.39. The fraction of sp³-hybridized carbons (Fsp3) is 0.556. The zero-order chi connectivity index (χ0) is 20.0. The highest BCUT2D eigenvalue weighted by molar-refractivity contribution is 5.87.